The minimum atomic E-state index is -0.541. The second-order valence-electron chi connectivity index (χ2n) is 5.20. The molecule has 1 aromatic carbocycles. The molecular weight excluding hydrogens is 278 g/mol. The first kappa shape index (κ1) is 15.1. The molecule has 1 amide bonds. The van der Waals surface area contributed by atoms with Crippen LogP contribution in [0.1, 0.15) is 20.8 Å². The van der Waals surface area contributed by atoms with Crippen LogP contribution in [-0.4, -0.2) is 42.2 Å². The number of rotatable bonds is 3. The first-order valence-electron chi connectivity index (χ1n) is 6.81. The van der Waals surface area contributed by atoms with Crippen molar-refractivity contribution < 1.29 is 14.3 Å². The molecule has 0 radical (unpaired) electrons. The van der Waals surface area contributed by atoms with Crippen LogP contribution in [0.3, 0.4) is 0 Å². The van der Waals surface area contributed by atoms with Gasteiger partial charge >= 0.3 is 0 Å². The summed E-state index contributed by atoms with van der Waals surface area (Å²) in [7, 11) is 0. The third-order valence-electron chi connectivity index (χ3n) is 3.35. The molecule has 0 saturated carbocycles. The van der Waals surface area contributed by atoms with Crippen LogP contribution in [0.4, 0.5) is 0 Å². The van der Waals surface area contributed by atoms with Crippen molar-refractivity contribution in [2.24, 2.45) is 0 Å². The largest absolute Gasteiger partial charge is 0.481 e. The molecule has 1 aliphatic heterocycles. The van der Waals surface area contributed by atoms with Gasteiger partial charge in [-0.05, 0) is 39.0 Å². The lowest BCUT2D eigenvalue weighted by atomic mass is 10.2. The van der Waals surface area contributed by atoms with Crippen molar-refractivity contribution in [3.63, 3.8) is 0 Å². The van der Waals surface area contributed by atoms with Crippen LogP contribution in [0.5, 0.6) is 5.75 Å². The molecule has 20 heavy (non-hydrogen) atoms. The Bertz CT molecular complexity index is 480. The Morgan fingerprint density at radius 3 is 2.95 bits per heavy atom. The van der Waals surface area contributed by atoms with E-state index >= 15 is 0 Å². The highest BCUT2D eigenvalue weighted by atomic mass is 35.5. The lowest BCUT2D eigenvalue weighted by Gasteiger charge is -2.38. The van der Waals surface area contributed by atoms with Crippen LogP contribution in [-0.2, 0) is 9.53 Å². The molecule has 1 aromatic rings. The molecule has 1 fully saturated rings. The zero-order chi connectivity index (χ0) is 14.7. The van der Waals surface area contributed by atoms with Gasteiger partial charge in [-0.25, -0.2) is 0 Å². The van der Waals surface area contributed by atoms with E-state index in [1.165, 1.54) is 0 Å². The lowest BCUT2D eigenvalue weighted by molar-refractivity contribution is -0.149. The van der Waals surface area contributed by atoms with E-state index in [1.807, 2.05) is 18.7 Å². The Kier molecular flexibility index (Phi) is 4.89. The van der Waals surface area contributed by atoms with Gasteiger partial charge in [0.2, 0.25) is 0 Å². The number of hydrogen-bond acceptors (Lipinski definition) is 3. The summed E-state index contributed by atoms with van der Waals surface area (Å²) < 4.78 is 11.2. The second-order valence-corrected chi connectivity index (χ2v) is 5.64. The van der Waals surface area contributed by atoms with E-state index < -0.39 is 6.10 Å². The highest BCUT2D eigenvalue weighted by Crippen LogP contribution is 2.20. The van der Waals surface area contributed by atoms with Crippen molar-refractivity contribution in [3.8, 4) is 5.75 Å². The van der Waals surface area contributed by atoms with Gasteiger partial charge in [-0.15, -0.1) is 0 Å². The maximum absolute atomic E-state index is 12.5. The monoisotopic (exact) mass is 297 g/mol. The first-order chi connectivity index (χ1) is 9.47. The van der Waals surface area contributed by atoms with Gasteiger partial charge in [-0.1, -0.05) is 17.7 Å². The van der Waals surface area contributed by atoms with Crippen molar-refractivity contribution in [1.29, 1.82) is 0 Å². The predicted octanol–water partition coefficient (Wildman–Crippen LogP) is 2.74. The number of carbonyl (C=O) groups excluding carboxylic acids is 1. The van der Waals surface area contributed by atoms with E-state index in [4.69, 9.17) is 21.1 Å². The zero-order valence-electron chi connectivity index (χ0n) is 12.0. The number of halogens is 1. The molecule has 0 bridgehead atoms. The molecule has 3 unspecified atom stereocenters. The van der Waals surface area contributed by atoms with Gasteiger partial charge in [-0.3, -0.25) is 4.79 Å². The fourth-order valence-corrected chi connectivity index (χ4v) is 2.42. The Morgan fingerprint density at radius 2 is 2.25 bits per heavy atom. The average Bonchev–Trinajstić information content (AvgIpc) is 2.40. The minimum absolute atomic E-state index is 0.0207. The fraction of sp³-hybridized carbons (Fsp3) is 0.533. The Hall–Kier alpha value is -1.26. The average molecular weight is 298 g/mol. The highest BCUT2D eigenvalue weighted by Gasteiger charge is 2.31. The van der Waals surface area contributed by atoms with Crippen molar-refractivity contribution >= 4 is 17.5 Å². The molecule has 110 valence electrons. The predicted molar refractivity (Wildman–Crippen MR) is 78.1 cm³/mol. The maximum Gasteiger partial charge on any atom is 0.263 e. The second kappa shape index (κ2) is 6.46. The SMILES string of the molecule is CC1CN(C(=O)C(C)Oc2cccc(Cl)c2)C(C)CO1. The van der Waals surface area contributed by atoms with Gasteiger partial charge < -0.3 is 14.4 Å². The van der Waals surface area contributed by atoms with Gasteiger partial charge in [0.1, 0.15) is 5.75 Å². The standard InChI is InChI=1S/C15H20ClNO3/c1-10-9-19-11(2)8-17(10)15(18)12(3)20-14-6-4-5-13(16)7-14/h4-7,10-12H,8-9H2,1-3H3. The van der Waals surface area contributed by atoms with Crippen LogP contribution < -0.4 is 4.74 Å². The smallest absolute Gasteiger partial charge is 0.263 e. The molecule has 0 N–H and O–H groups in total. The van der Waals surface area contributed by atoms with E-state index in [-0.39, 0.29) is 18.1 Å². The van der Waals surface area contributed by atoms with Crippen LogP contribution in [0.2, 0.25) is 5.02 Å². The van der Waals surface area contributed by atoms with E-state index in [2.05, 4.69) is 0 Å². The van der Waals surface area contributed by atoms with Gasteiger partial charge in [0.05, 0.1) is 18.8 Å². The molecule has 4 nitrogen and oxygen atoms in total. The topological polar surface area (TPSA) is 38.8 Å². The van der Waals surface area contributed by atoms with E-state index in [0.717, 1.165) is 0 Å². The molecule has 1 saturated heterocycles. The third-order valence-corrected chi connectivity index (χ3v) is 3.58. The minimum Gasteiger partial charge on any atom is -0.481 e. The number of ether oxygens (including phenoxy) is 2. The maximum atomic E-state index is 12.5. The van der Waals surface area contributed by atoms with Crippen LogP contribution in [0.25, 0.3) is 0 Å². The summed E-state index contributed by atoms with van der Waals surface area (Å²) in [5.41, 5.74) is 0. The Morgan fingerprint density at radius 1 is 1.50 bits per heavy atom. The summed E-state index contributed by atoms with van der Waals surface area (Å²) in [5, 5.41) is 0.593. The number of nitrogens with zero attached hydrogens (tertiary/aromatic N) is 1. The van der Waals surface area contributed by atoms with Crippen molar-refractivity contribution in [2.75, 3.05) is 13.2 Å². The van der Waals surface area contributed by atoms with Crippen LogP contribution >= 0.6 is 11.6 Å². The van der Waals surface area contributed by atoms with E-state index in [0.29, 0.717) is 23.9 Å². The van der Waals surface area contributed by atoms with E-state index in [9.17, 15) is 4.79 Å². The van der Waals surface area contributed by atoms with E-state index in [1.54, 1.807) is 31.2 Å². The highest BCUT2D eigenvalue weighted by molar-refractivity contribution is 6.30. The number of amides is 1. The summed E-state index contributed by atoms with van der Waals surface area (Å²) in [6.07, 6.45) is -0.477. The first-order valence-corrected chi connectivity index (χ1v) is 7.19. The number of hydrogen-bond donors (Lipinski definition) is 0. The normalized spacial score (nSPS) is 24.3. The van der Waals surface area contributed by atoms with Gasteiger partial charge in [0.15, 0.2) is 6.10 Å². The molecule has 2 rings (SSSR count). The molecule has 0 spiro atoms. The van der Waals surface area contributed by atoms with Crippen LogP contribution in [0.15, 0.2) is 24.3 Å². The molecule has 0 aromatic heterocycles. The zero-order valence-corrected chi connectivity index (χ0v) is 12.8. The summed E-state index contributed by atoms with van der Waals surface area (Å²) in [6, 6.07) is 7.14. The van der Waals surface area contributed by atoms with Crippen LogP contribution in [0, 0.1) is 0 Å². The van der Waals surface area contributed by atoms with Crippen molar-refractivity contribution in [1.82, 2.24) is 4.90 Å². The summed E-state index contributed by atoms with van der Waals surface area (Å²) in [6.45, 7) is 6.88. The molecule has 3 atom stereocenters. The third kappa shape index (κ3) is 3.64. The summed E-state index contributed by atoms with van der Waals surface area (Å²) in [4.78, 5) is 14.3. The van der Waals surface area contributed by atoms with Crippen molar-refractivity contribution in [3.05, 3.63) is 29.3 Å². The molecule has 0 aliphatic carbocycles. The Balaban J connectivity index is 2.01. The number of carbonyl (C=O) groups is 1. The molecule has 5 heteroatoms. The summed E-state index contributed by atoms with van der Waals surface area (Å²) >= 11 is 5.91. The lowest BCUT2D eigenvalue weighted by Crippen LogP contribution is -2.53. The summed E-state index contributed by atoms with van der Waals surface area (Å²) in [5.74, 6) is 0.583. The van der Waals surface area contributed by atoms with Gasteiger partial charge in [0, 0.05) is 11.6 Å². The number of benzene rings is 1. The Labute approximate surface area is 124 Å². The van der Waals surface area contributed by atoms with Gasteiger partial charge in [0.25, 0.3) is 5.91 Å². The quantitative estimate of drug-likeness (QED) is 0.861. The molecular formula is C15H20ClNO3. The number of morpholine rings is 1. The molecule has 1 heterocycles. The fourth-order valence-electron chi connectivity index (χ4n) is 2.24. The van der Waals surface area contributed by atoms with Crippen molar-refractivity contribution in [2.45, 2.75) is 39.0 Å². The molecule has 1 aliphatic rings. The van der Waals surface area contributed by atoms with Gasteiger partial charge in [-0.2, -0.15) is 0 Å².